The van der Waals surface area contributed by atoms with Crippen LogP contribution in [0, 0.1) is 11.6 Å². The van der Waals surface area contributed by atoms with E-state index < -0.39 is 11.6 Å². The molecule has 0 aliphatic carbocycles. The molecule has 7 heteroatoms. The Hall–Kier alpha value is -1.86. The van der Waals surface area contributed by atoms with Crippen molar-refractivity contribution in [2.45, 2.75) is 31.6 Å². The summed E-state index contributed by atoms with van der Waals surface area (Å²) in [6.07, 6.45) is 4.22. The molecule has 24 heavy (non-hydrogen) atoms. The molecule has 0 unspecified atom stereocenters. The minimum Gasteiger partial charge on any atom is -0.317 e. The molecule has 0 radical (unpaired) electrons. The molecule has 1 aliphatic heterocycles. The molecule has 0 spiro atoms. The second kappa shape index (κ2) is 7.81. The molecule has 1 saturated heterocycles. The molecule has 1 aromatic carbocycles. The van der Waals surface area contributed by atoms with Crippen molar-refractivity contribution in [2.24, 2.45) is 0 Å². The average molecular weight is 351 g/mol. The standard InChI is InChI=1S/C17H19F2N3OS/c18-13-3-1-2-12(16(13)19)4-5-15(23)22-17-21-10-14(24-17)11-6-8-20-9-7-11/h1-3,10-11,20H,4-9H2,(H,21,22,23). The van der Waals surface area contributed by atoms with Crippen LogP contribution < -0.4 is 10.6 Å². The largest absolute Gasteiger partial charge is 0.317 e. The van der Waals surface area contributed by atoms with Crippen molar-refractivity contribution in [3.05, 3.63) is 46.5 Å². The van der Waals surface area contributed by atoms with E-state index in [9.17, 15) is 13.6 Å². The molecule has 0 bridgehead atoms. The molecule has 1 amide bonds. The number of aromatic nitrogens is 1. The highest BCUT2D eigenvalue weighted by molar-refractivity contribution is 7.15. The molecule has 0 atom stereocenters. The fourth-order valence-electron chi connectivity index (χ4n) is 2.81. The fraction of sp³-hybridized carbons (Fsp3) is 0.412. The predicted molar refractivity (Wildman–Crippen MR) is 90.3 cm³/mol. The van der Waals surface area contributed by atoms with Gasteiger partial charge in [0, 0.05) is 17.5 Å². The quantitative estimate of drug-likeness (QED) is 0.867. The molecule has 2 aromatic rings. The maximum Gasteiger partial charge on any atom is 0.226 e. The number of halogens is 2. The van der Waals surface area contributed by atoms with Crippen LogP contribution in [0.3, 0.4) is 0 Å². The Morgan fingerprint density at radius 2 is 2.12 bits per heavy atom. The normalized spacial score (nSPS) is 15.4. The van der Waals surface area contributed by atoms with E-state index in [-0.39, 0.29) is 24.3 Å². The number of piperidine rings is 1. The maximum absolute atomic E-state index is 13.6. The summed E-state index contributed by atoms with van der Waals surface area (Å²) in [7, 11) is 0. The van der Waals surface area contributed by atoms with Crippen LogP contribution >= 0.6 is 11.3 Å². The zero-order valence-corrected chi connectivity index (χ0v) is 14.0. The summed E-state index contributed by atoms with van der Waals surface area (Å²) in [6, 6.07) is 4.00. The van der Waals surface area contributed by atoms with Gasteiger partial charge in [0.05, 0.1) is 0 Å². The number of nitrogens with one attached hydrogen (secondary N) is 2. The highest BCUT2D eigenvalue weighted by atomic mass is 32.1. The van der Waals surface area contributed by atoms with Crippen LogP contribution in [0.2, 0.25) is 0 Å². The number of rotatable bonds is 5. The minimum absolute atomic E-state index is 0.0859. The van der Waals surface area contributed by atoms with Gasteiger partial charge in [-0.2, -0.15) is 0 Å². The fourth-order valence-corrected chi connectivity index (χ4v) is 3.81. The van der Waals surface area contributed by atoms with E-state index in [1.54, 1.807) is 0 Å². The van der Waals surface area contributed by atoms with Crippen LogP contribution in [0.15, 0.2) is 24.4 Å². The molecule has 1 aromatic heterocycles. The number of hydrogen-bond donors (Lipinski definition) is 2. The Morgan fingerprint density at radius 1 is 1.33 bits per heavy atom. The van der Waals surface area contributed by atoms with Crippen molar-refractivity contribution < 1.29 is 13.6 Å². The number of nitrogens with zero attached hydrogens (tertiary/aromatic N) is 1. The van der Waals surface area contributed by atoms with Crippen molar-refractivity contribution in [1.29, 1.82) is 0 Å². The van der Waals surface area contributed by atoms with Gasteiger partial charge in [0.2, 0.25) is 5.91 Å². The number of carbonyl (C=O) groups is 1. The monoisotopic (exact) mass is 351 g/mol. The Labute approximate surface area is 143 Å². The van der Waals surface area contributed by atoms with Crippen LogP contribution in [0.1, 0.15) is 35.6 Å². The molecule has 1 fully saturated rings. The lowest BCUT2D eigenvalue weighted by Crippen LogP contribution is -2.26. The van der Waals surface area contributed by atoms with E-state index in [1.165, 1.54) is 28.3 Å². The van der Waals surface area contributed by atoms with Crippen LogP contribution in [-0.2, 0) is 11.2 Å². The topological polar surface area (TPSA) is 54.0 Å². The minimum atomic E-state index is -0.889. The van der Waals surface area contributed by atoms with Gasteiger partial charge < -0.3 is 10.6 Å². The Morgan fingerprint density at radius 3 is 2.92 bits per heavy atom. The summed E-state index contributed by atoms with van der Waals surface area (Å²) in [5.41, 5.74) is 0.208. The van der Waals surface area contributed by atoms with Gasteiger partial charge in [0.1, 0.15) is 0 Å². The number of anilines is 1. The van der Waals surface area contributed by atoms with Gasteiger partial charge in [0.15, 0.2) is 16.8 Å². The molecule has 128 valence electrons. The van der Waals surface area contributed by atoms with Crippen molar-refractivity contribution in [1.82, 2.24) is 10.3 Å². The van der Waals surface area contributed by atoms with Crippen LogP contribution in [0.4, 0.5) is 13.9 Å². The lowest BCUT2D eigenvalue weighted by atomic mass is 9.97. The molecule has 2 heterocycles. The number of benzene rings is 1. The summed E-state index contributed by atoms with van der Waals surface area (Å²) < 4.78 is 26.7. The highest BCUT2D eigenvalue weighted by Crippen LogP contribution is 2.31. The van der Waals surface area contributed by atoms with Crippen molar-refractivity contribution in [3.63, 3.8) is 0 Å². The van der Waals surface area contributed by atoms with E-state index in [2.05, 4.69) is 15.6 Å². The van der Waals surface area contributed by atoms with Crippen LogP contribution in [0.25, 0.3) is 0 Å². The summed E-state index contributed by atoms with van der Waals surface area (Å²) in [4.78, 5) is 17.4. The molecule has 2 N–H and O–H groups in total. The van der Waals surface area contributed by atoms with Gasteiger partial charge in [-0.05, 0) is 49.9 Å². The third-order valence-corrected chi connectivity index (χ3v) is 5.24. The van der Waals surface area contributed by atoms with Crippen LogP contribution in [0.5, 0.6) is 0 Å². The summed E-state index contributed by atoms with van der Waals surface area (Å²) in [6.45, 7) is 2.01. The van der Waals surface area contributed by atoms with Gasteiger partial charge in [-0.15, -0.1) is 11.3 Å². The number of aryl methyl sites for hydroxylation is 1. The van der Waals surface area contributed by atoms with Gasteiger partial charge >= 0.3 is 0 Å². The summed E-state index contributed by atoms with van der Waals surface area (Å²) in [5, 5.41) is 6.63. The van der Waals surface area contributed by atoms with E-state index >= 15 is 0 Å². The van der Waals surface area contributed by atoms with Gasteiger partial charge in [-0.25, -0.2) is 13.8 Å². The molecule has 3 rings (SSSR count). The average Bonchev–Trinajstić information content (AvgIpc) is 3.05. The van der Waals surface area contributed by atoms with Gasteiger partial charge in [-0.1, -0.05) is 12.1 Å². The first-order chi connectivity index (χ1) is 11.6. The Bertz CT molecular complexity index is 714. The zero-order chi connectivity index (χ0) is 16.9. The van der Waals surface area contributed by atoms with Gasteiger partial charge in [0.25, 0.3) is 0 Å². The number of carbonyl (C=O) groups excluding carboxylic acids is 1. The van der Waals surface area contributed by atoms with Crippen molar-refractivity contribution >= 4 is 22.4 Å². The third-order valence-electron chi connectivity index (χ3n) is 4.16. The number of hydrogen-bond acceptors (Lipinski definition) is 4. The van der Waals surface area contributed by atoms with Crippen molar-refractivity contribution in [2.75, 3.05) is 18.4 Å². The van der Waals surface area contributed by atoms with E-state index in [1.807, 2.05) is 6.20 Å². The smallest absolute Gasteiger partial charge is 0.226 e. The highest BCUT2D eigenvalue weighted by Gasteiger charge is 2.18. The lowest BCUT2D eigenvalue weighted by Gasteiger charge is -2.20. The first-order valence-corrected chi connectivity index (χ1v) is 8.84. The molecular weight excluding hydrogens is 332 g/mol. The zero-order valence-electron chi connectivity index (χ0n) is 13.1. The van der Waals surface area contributed by atoms with Crippen molar-refractivity contribution in [3.8, 4) is 0 Å². The molecule has 4 nitrogen and oxygen atoms in total. The number of amides is 1. The maximum atomic E-state index is 13.6. The van der Waals surface area contributed by atoms with E-state index in [4.69, 9.17) is 0 Å². The summed E-state index contributed by atoms with van der Waals surface area (Å²) in [5.74, 6) is -1.52. The first kappa shape index (κ1) is 17.0. The van der Waals surface area contributed by atoms with Crippen LogP contribution in [-0.4, -0.2) is 24.0 Å². The SMILES string of the molecule is O=C(CCc1cccc(F)c1F)Nc1ncc(C2CCNCC2)s1. The number of thiazole rings is 1. The molecule has 0 saturated carbocycles. The molecular formula is C17H19F2N3OS. The second-order valence-corrected chi connectivity index (χ2v) is 6.92. The summed E-state index contributed by atoms with van der Waals surface area (Å²) >= 11 is 1.49. The van der Waals surface area contributed by atoms with Gasteiger partial charge in [-0.3, -0.25) is 4.79 Å². The Kier molecular flexibility index (Phi) is 5.52. The van der Waals surface area contributed by atoms with E-state index in [0.29, 0.717) is 11.0 Å². The molecule has 1 aliphatic rings. The first-order valence-electron chi connectivity index (χ1n) is 8.02. The second-order valence-electron chi connectivity index (χ2n) is 5.85. The Balaban J connectivity index is 1.53. The lowest BCUT2D eigenvalue weighted by molar-refractivity contribution is -0.116. The third kappa shape index (κ3) is 4.15. The van der Waals surface area contributed by atoms with E-state index in [0.717, 1.165) is 32.0 Å². The predicted octanol–water partition coefficient (Wildman–Crippen LogP) is 3.46.